The van der Waals surface area contributed by atoms with Gasteiger partial charge >= 0.3 is 0 Å². The van der Waals surface area contributed by atoms with Gasteiger partial charge in [0.1, 0.15) is 10.8 Å². The second-order valence-electron chi connectivity index (χ2n) is 5.50. The number of rotatable bonds is 4. The maximum atomic E-state index is 12.1. The molecule has 1 saturated heterocycles. The third kappa shape index (κ3) is 4.13. The Morgan fingerprint density at radius 1 is 1.38 bits per heavy atom. The van der Waals surface area contributed by atoms with Crippen LogP contribution in [0.5, 0.6) is 0 Å². The van der Waals surface area contributed by atoms with E-state index in [0.717, 1.165) is 19.6 Å². The molecule has 1 aromatic heterocycles. The predicted molar refractivity (Wildman–Crippen MR) is 84.2 cm³/mol. The Bertz CT molecular complexity index is 509. The summed E-state index contributed by atoms with van der Waals surface area (Å²) in [7, 11) is 1.72. The zero-order valence-electron chi connectivity index (χ0n) is 12.5. The van der Waals surface area contributed by atoms with Gasteiger partial charge in [-0.2, -0.15) is 0 Å². The van der Waals surface area contributed by atoms with Crippen LogP contribution in [-0.4, -0.2) is 53.8 Å². The molecule has 0 saturated carbocycles. The largest absolute Gasteiger partial charge is 0.373 e. The molecule has 0 radical (unpaired) electrons. The zero-order valence-corrected chi connectivity index (χ0v) is 14.0. The Morgan fingerprint density at radius 2 is 2.00 bits per heavy atom. The smallest absolute Gasteiger partial charge is 0.268 e. The molecule has 2 rings (SSSR count). The monoisotopic (exact) mass is 333 g/mol. The number of halogens is 2. The van der Waals surface area contributed by atoms with E-state index < -0.39 is 0 Å². The first kappa shape index (κ1) is 16.6. The molecule has 2 heterocycles. The second kappa shape index (κ2) is 7.01. The van der Waals surface area contributed by atoms with Crippen molar-refractivity contribution >= 4 is 29.1 Å². The molecule has 21 heavy (non-hydrogen) atoms. The molecule has 0 unspecified atom stereocenters. The molecule has 2 atom stereocenters. The fourth-order valence-electron chi connectivity index (χ4n) is 2.65. The van der Waals surface area contributed by atoms with Gasteiger partial charge in [-0.25, -0.2) is 0 Å². The highest BCUT2D eigenvalue weighted by molar-refractivity contribution is 6.41. The van der Waals surface area contributed by atoms with E-state index in [2.05, 4.69) is 24.1 Å². The van der Waals surface area contributed by atoms with E-state index in [1.54, 1.807) is 17.7 Å². The molecule has 7 heteroatoms. The SMILES string of the molecule is C[C@@H]1CN(CCNC(=O)c2cc(Cl)c(Cl)n2C)C[C@H](C)O1. The number of morpholine rings is 1. The van der Waals surface area contributed by atoms with E-state index in [4.69, 9.17) is 27.9 Å². The number of carbonyl (C=O) groups is 1. The fourth-order valence-corrected chi connectivity index (χ4v) is 3.02. The van der Waals surface area contributed by atoms with Crippen LogP contribution >= 0.6 is 23.2 Å². The zero-order chi connectivity index (χ0) is 15.6. The van der Waals surface area contributed by atoms with E-state index in [1.807, 2.05) is 0 Å². The molecule has 0 aromatic carbocycles. The van der Waals surface area contributed by atoms with Crippen molar-refractivity contribution in [2.45, 2.75) is 26.1 Å². The first-order chi connectivity index (χ1) is 9.88. The summed E-state index contributed by atoms with van der Waals surface area (Å²) in [4.78, 5) is 14.4. The van der Waals surface area contributed by atoms with Crippen LogP contribution in [0.2, 0.25) is 10.2 Å². The quantitative estimate of drug-likeness (QED) is 0.918. The molecule has 0 bridgehead atoms. The predicted octanol–water partition coefficient (Wildman–Crippen LogP) is 2.17. The van der Waals surface area contributed by atoms with Crippen LogP contribution in [-0.2, 0) is 11.8 Å². The van der Waals surface area contributed by atoms with Crippen LogP contribution in [0.3, 0.4) is 0 Å². The van der Waals surface area contributed by atoms with Gasteiger partial charge in [0.2, 0.25) is 0 Å². The molecule has 1 aliphatic rings. The first-order valence-corrected chi connectivity index (χ1v) is 7.80. The highest BCUT2D eigenvalue weighted by Crippen LogP contribution is 2.24. The standard InChI is InChI=1S/C14H21Cl2N3O2/c1-9-7-19(8-10(2)21-9)5-4-17-14(20)12-6-11(15)13(16)18(12)3/h6,9-10H,4-5,7-8H2,1-3H3,(H,17,20)/t9-,10+. The molecule has 0 spiro atoms. The lowest BCUT2D eigenvalue weighted by atomic mass is 10.2. The van der Waals surface area contributed by atoms with Gasteiger partial charge in [0.25, 0.3) is 5.91 Å². The van der Waals surface area contributed by atoms with Gasteiger partial charge in [-0.1, -0.05) is 23.2 Å². The van der Waals surface area contributed by atoms with Crippen LogP contribution in [0.1, 0.15) is 24.3 Å². The van der Waals surface area contributed by atoms with Crippen molar-refractivity contribution in [1.82, 2.24) is 14.8 Å². The summed E-state index contributed by atoms with van der Waals surface area (Å²) >= 11 is 11.9. The number of aromatic nitrogens is 1. The number of ether oxygens (including phenoxy) is 1. The van der Waals surface area contributed by atoms with Gasteiger partial charge < -0.3 is 14.6 Å². The van der Waals surface area contributed by atoms with E-state index >= 15 is 0 Å². The van der Waals surface area contributed by atoms with Crippen LogP contribution < -0.4 is 5.32 Å². The summed E-state index contributed by atoms with van der Waals surface area (Å²) in [5.41, 5.74) is 0.466. The van der Waals surface area contributed by atoms with E-state index in [-0.39, 0.29) is 18.1 Å². The van der Waals surface area contributed by atoms with E-state index in [0.29, 0.717) is 22.4 Å². The van der Waals surface area contributed by atoms with Gasteiger partial charge in [0.15, 0.2) is 0 Å². The molecule has 118 valence electrons. The summed E-state index contributed by atoms with van der Waals surface area (Å²) < 4.78 is 7.26. The van der Waals surface area contributed by atoms with Crippen LogP contribution in [0.4, 0.5) is 0 Å². The Hall–Kier alpha value is -0.750. The Balaban J connectivity index is 1.83. The lowest BCUT2D eigenvalue weighted by molar-refractivity contribution is -0.0672. The topological polar surface area (TPSA) is 46.5 Å². The number of hydrogen-bond donors (Lipinski definition) is 1. The van der Waals surface area contributed by atoms with Crippen LogP contribution in [0, 0.1) is 0 Å². The Labute approximate surface area is 135 Å². The number of amides is 1. The highest BCUT2D eigenvalue weighted by atomic mass is 35.5. The van der Waals surface area contributed by atoms with Crippen molar-refractivity contribution in [2.75, 3.05) is 26.2 Å². The van der Waals surface area contributed by atoms with Gasteiger partial charge in [0.05, 0.1) is 17.2 Å². The summed E-state index contributed by atoms with van der Waals surface area (Å²) in [6.45, 7) is 7.29. The van der Waals surface area contributed by atoms with Gasteiger partial charge in [-0.3, -0.25) is 9.69 Å². The molecular weight excluding hydrogens is 313 g/mol. The normalized spacial score (nSPS) is 23.3. The minimum atomic E-state index is -0.166. The summed E-state index contributed by atoms with van der Waals surface area (Å²) in [5.74, 6) is -0.166. The Kier molecular flexibility index (Phi) is 5.54. The van der Waals surface area contributed by atoms with Crippen molar-refractivity contribution < 1.29 is 9.53 Å². The molecule has 1 amide bonds. The average Bonchev–Trinajstić information content (AvgIpc) is 2.65. The molecule has 0 aliphatic carbocycles. The second-order valence-corrected chi connectivity index (χ2v) is 6.27. The lowest BCUT2D eigenvalue weighted by Gasteiger charge is -2.35. The van der Waals surface area contributed by atoms with Gasteiger partial charge in [0, 0.05) is 33.2 Å². The maximum Gasteiger partial charge on any atom is 0.268 e. The number of nitrogens with one attached hydrogen (secondary N) is 1. The number of carbonyl (C=O) groups excluding carboxylic acids is 1. The minimum Gasteiger partial charge on any atom is -0.373 e. The van der Waals surface area contributed by atoms with Crippen molar-refractivity contribution in [3.8, 4) is 0 Å². The van der Waals surface area contributed by atoms with Gasteiger partial charge in [-0.15, -0.1) is 0 Å². The van der Waals surface area contributed by atoms with E-state index in [9.17, 15) is 4.79 Å². The summed E-state index contributed by atoms with van der Waals surface area (Å²) in [5, 5.41) is 3.66. The van der Waals surface area contributed by atoms with Crippen LogP contribution in [0.15, 0.2) is 6.07 Å². The number of nitrogens with zero attached hydrogens (tertiary/aromatic N) is 2. The third-order valence-electron chi connectivity index (χ3n) is 3.56. The molecule has 5 nitrogen and oxygen atoms in total. The van der Waals surface area contributed by atoms with Crippen molar-refractivity contribution in [3.63, 3.8) is 0 Å². The van der Waals surface area contributed by atoms with E-state index in [1.165, 1.54) is 0 Å². The molecule has 1 fully saturated rings. The van der Waals surface area contributed by atoms with Crippen molar-refractivity contribution in [1.29, 1.82) is 0 Å². The summed E-state index contributed by atoms with van der Waals surface area (Å²) in [6.07, 6.45) is 0.463. The molecular formula is C14H21Cl2N3O2. The lowest BCUT2D eigenvalue weighted by Crippen LogP contribution is -2.47. The fraction of sp³-hybridized carbons (Fsp3) is 0.643. The highest BCUT2D eigenvalue weighted by Gasteiger charge is 2.22. The first-order valence-electron chi connectivity index (χ1n) is 7.05. The van der Waals surface area contributed by atoms with Gasteiger partial charge in [-0.05, 0) is 19.9 Å². The van der Waals surface area contributed by atoms with Crippen LogP contribution in [0.25, 0.3) is 0 Å². The Morgan fingerprint density at radius 3 is 2.52 bits per heavy atom. The third-order valence-corrected chi connectivity index (χ3v) is 4.40. The minimum absolute atomic E-state index is 0.166. The summed E-state index contributed by atoms with van der Waals surface area (Å²) in [6, 6.07) is 1.58. The molecule has 1 N–H and O–H groups in total. The van der Waals surface area contributed by atoms with Crippen molar-refractivity contribution in [2.24, 2.45) is 7.05 Å². The number of hydrogen-bond acceptors (Lipinski definition) is 3. The average molecular weight is 334 g/mol. The molecule has 1 aromatic rings. The van der Waals surface area contributed by atoms with Crippen molar-refractivity contribution in [3.05, 3.63) is 21.9 Å². The maximum absolute atomic E-state index is 12.1. The molecule has 1 aliphatic heterocycles.